The van der Waals surface area contributed by atoms with Crippen molar-refractivity contribution in [1.82, 2.24) is 19.5 Å². The zero-order valence-electron chi connectivity index (χ0n) is 13.3. The maximum absolute atomic E-state index is 12.9. The first-order valence-corrected chi connectivity index (χ1v) is 7.81. The summed E-state index contributed by atoms with van der Waals surface area (Å²) in [5.74, 6) is 0.00648. The summed E-state index contributed by atoms with van der Waals surface area (Å²) in [6.07, 6.45) is 2.53. The highest BCUT2D eigenvalue weighted by atomic mass is 16.2. The molecule has 5 nitrogen and oxygen atoms in total. The molecule has 0 saturated heterocycles. The summed E-state index contributed by atoms with van der Waals surface area (Å²) >= 11 is 0. The zero-order chi connectivity index (χ0) is 16.0. The lowest BCUT2D eigenvalue weighted by atomic mass is 9.99. The molecule has 3 aromatic rings. The summed E-state index contributed by atoms with van der Waals surface area (Å²) in [6, 6.07) is 10.3. The molecule has 1 aliphatic rings. The van der Waals surface area contributed by atoms with Crippen molar-refractivity contribution in [2.45, 2.75) is 26.8 Å². The van der Waals surface area contributed by atoms with E-state index in [0.29, 0.717) is 17.8 Å². The van der Waals surface area contributed by atoms with Crippen LogP contribution in [0.4, 0.5) is 0 Å². The molecule has 1 aromatic carbocycles. The molecule has 0 radical (unpaired) electrons. The highest BCUT2D eigenvalue weighted by Crippen LogP contribution is 2.21. The normalized spacial score (nSPS) is 14.1. The topological polar surface area (TPSA) is 50.5 Å². The lowest BCUT2D eigenvalue weighted by Gasteiger charge is -2.28. The number of aromatic nitrogens is 3. The van der Waals surface area contributed by atoms with Crippen molar-refractivity contribution in [2.75, 3.05) is 6.54 Å². The third-order valence-electron chi connectivity index (χ3n) is 4.43. The number of benzene rings is 1. The lowest BCUT2D eigenvalue weighted by Crippen LogP contribution is -2.35. The summed E-state index contributed by atoms with van der Waals surface area (Å²) in [7, 11) is 0. The van der Waals surface area contributed by atoms with E-state index in [1.165, 1.54) is 11.1 Å². The summed E-state index contributed by atoms with van der Waals surface area (Å²) in [5, 5.41) is 4.33. The van der Waals surface area contributed by atoms with Crippen LogP contribution in [-0.2, 0) is 13.0 Å². The van der Waals surface area contributed by atoms with Gasteiger partial charge >= 0.3 is 0 Å². The van der Waals surface area contributed by atoms with Gasteiger partial charge < -0.3 is 4.90 Å². The van der Waals surface area contributed by atoms with Crippen LogP contribution >= 0.6 is 0 Å². The Labute approximate surface area is 134 Å². The van der Waals surface area contributed by atoms with Gasteiger partial charge in [0.15, 0.2) is 5.65 Å². The molecule has 0 saturated carbocycles. The quantitative estimate of drug-likeness (QED) is 0.694. The number of rotatable bonds is 1. The van der Waals surface area contributed by atoms with Crippen LogP contribution in [0.5, 0.6) is 0 Å². The summed E-state index contributed by atoms with van der Waals surface area (Å²) in [4.78, 5) is 19.3. The molecule has 4 rings (SSSR count). The monoisotopic (exact) mass is 306 g/mol. The van der Waals surface area contributed by atoms with E-state index in [2.05, 4.69) is 28.3 Å². The molecule has 0 aliphatic carbocycles. The minimum absolute atomic E-state index is 0.00648. The van der Waals surface area contributed by atoms with Crippen LogP contribution in [0.3, 0.4) is 0 Å². The van der Waals surface area contributed by atoms with Gasteiger partial charge in [0.05, 0.1) is 6.20 Å². The van der Waals surface area contributed by atoms with Crippen molar-refractivity contribution >= 4 is 11.6 Å². The van der Waals surface area contributed by atoms with Gasteiger partial charge in [-0.05, 0) is 37.5 Å². The van der Waals surface area contributed by atoms with Gasteiger partial charge in [-0.3, -0.25) is 4.79 Å². The SMILES string of the molecule is Cc1cc(C)n2ncc(C(=O)N3CCc4ccccc4C3)c2n1. The second-order valence-electron chi connectivity index (χ2n) is 6.08. The third kappa shape index (κ3) is 2.29. The second-order valence-corrected chi connectivity index (χ2v) is 6.08. The number of nitrogens with zero attached hydrogens (tertiary/aromatic N) is 4. The van der Waals surface area contributed by atoms with E-state index in [0.717, 1.165) is 24.4 Å². The van der Waals surface area contributed by atoms with E-state index in [1.807, 2.05) is 30.9 Å². The molecule has 0 atom stereocenters. The standard InChI is InChI=1S/C18H18N4O/c1-12-9-13(2)22-17(20-12)16(10-19-22)18(23)21-8-7-14-5-3-4-6-15(14)11-21/h3-6,9-10H,7-8,11H2,1-2H3. The van der Waals surface area contributed by atoms with Crippen molar-refractivity contribution in [3.8, 4) is 0 Å². The Morgan fingerprint density at radius 3 is 2.78 bits per heavy atom. The Morgan fingerprint density at radius 2 is 1.96 bits per heavy atom. The van der Waals surface area contributed by atoms with E-state index < -0.39 is 0 Å². The van der Waals surface area contributed by atoms with Crippen LogP contribution in [-0.4, -0.2) is 31.9 Å². The predicted octanol–water partition coefficient (Wildman–Crippen LogP) is 2.54. The van der Waals surface area contributed by atoms with Crippen LogP contribution in [0.1, 0.15) is 32.9 Å². The van der Waals surface area contributed by atoms with E-state index in [4.69, 9.17) is 0 Å². The highest BCUT2D eigenvalue weighted by molar-refractivity contribution is 5.99. The number of fused-ring (bicyclic) bond motifs is 2. The molecule has 1 aliphatic heterocycles. The van der Waals surface area contributed by atoms with Gasteiger partial charge in [-0.25, -0.2) is 9.50 Å². The van der Waals surface area contributed by atoms with Crippen LogP contribution in [0.15, 0.2) is 36.5 Å². The number of carbonyl (C=O) groups excluding carboxylic acids is 1. The molecule has 1 amide bonds. The second kappa shape index (κ2) is 5.19. The first-order valence-electron chi connectivity index (χ1n) is 7.81. The Morgan fingerprint density at radius 1 is 1.17 bits per heavy atom. The first kappa shape index (κ1) is 13.9. The molecule has 0 unspecified atom stereocenters. The van der Waals surface area contributed by atoms with E-state index in [-0.39, 0.29) is 5.91 Å². The molecular weight excluding hydrogens is 288 g/mol. The number of aryl methyl sites for hydroxylation is 2. The molecule has 0 bridgehead atoms. The van der Waals surface area contributed by atoms with Gasteiger partial charge in [0.25, 0.3) is 5.91 Å². The molecule has 0 N–H and O–H groups in total. The lowest BCUT2D eigenvalue weighted by molar-refractivity contribution is 0.0736. The maximum Gasteiger partial charge on any atom is 0.259 e. The van der Waals surface area contributed by atoms with Gasteiger partial charge in [-0.15, -0.1) is 0 Å². The molecule has 116 valence electrons. The molecular formula is C18H18N4O. The van der Waals surface area contributed by atoms with Crippen molar-refractivity contribution < 1.29 is 4.79 Å². The molecule has 3 heterocycles. The Hall–Kier alpha value is -2.69. The Kier molecular flexibility index (Phi) is 3.15. The number of carbonyl (C=O) groups is 1. The number of hydrogen-bond acceptors (Lipinski definition) is 3. The zero-order valence-corrected chi connectivity index (χ0v) is 13.3. The van der Waals surface area contributed by atoms with Crippen LogP contribution in [0, 0.1) is 13.8 Å². The van der Waals surface area contributed by atoms with Crippen molar-refractivity contribution in [3.63, 3.8) is 0 Å². The van der Waals surface area contributed by atoms with Crippen molar-refractivity contribution in [1.29, 1.82) is 0 Å². The van der Waals surface area contributed by atoms with Crippen LogP contribution in [0.25, 0.3) is 5.65 Å². The number of hydrogen-bond donors (Lipinski definition) is 0. The van der Waals surface area contributed by atoms with E-state index >= 15 is 0 Å². The Balaban J connectivity index is 1.71. The summed E-state index contributed by atoms with van der Waals surface area (Å²) in [5.41, 5.74) is 5.66. The molecule has 2 aromatic heterocycles. The molecule has 0 fully saturated rings. The smallest absolute Gasteiger partial charge is 0.259 e. The average molecular weight is 306 g/mol. The fourth-order valence-corrected chi connectivity index (χ4v) is 3.26. The van der Waals surface area contributed by atoms with Crippen molar-refractivity contribution in [3.05, 3.63) is 64.6 Å². The van der Waals surface area contributed by atoms with E-state index in [9.17, 15) is 4.79 Å². The molecule has 5 heteroatoms. The van der Waals surface area contributed by atoms with Gasteiger partial charge in [0, 0.05) is 24.5 Å². The molecule has 0 spiro atoms. The Bertz CT molecular complexity index is 913. The fourth-order valence-electron chi connectivity index (χ4n) is 3.26. The van der Waals surface area contributed by atoms with Gasteiger partial charge in [-0.2, -0.15) is 5.10 Å². The summed E-state index contributed by atoms with van der Waals surface area (Å²) < 4.78 is 1.73. The van der Waals surface area contributed by atoms with Gasteiger partial charge in [0.1, 0.15) is 5.56 Å². The van der Waals surface area contributed by atoms with Gasteiger partial charge in [-0.1, -0.05) is 24.3 Å². The minimum atomic E-state index is 0.00648. The van der Waals surface area contributed by atoms with Crippen molar-refractivity contribution in [2.24, 2.45) is 0 Å². The minimum Gasteiger partial charge on any atom is -0.334 e. The third-order valence-corrected chi connectivity index (χ3v) is 4.43. The average Bonchev–Trinajstić information content (AvgIpc) is 2.97. The van der Waals surface area contributed by atoms with Crippen LogP contribution < -0.4 is 0 Å². The highest BCUT2D eigenvalue weighted by Gasteiger charge is 2.24. The predicted molar refractivity (Wildman–Crippen MR) is 87.3 cm³/mol. The largest absolute Gasteiger partial charge is 0.334 e. The van der Waals surface area contributed by atoms with Crippen LogP contribution in [0.2, 0.25) is 0 Å². The fraction of sp³-hybridized carbons (Fsp3) is 0.278. The first-order chi connectivity index (χ1) is 11.1. The number of amides is 1. The van der Waals surface area contributed by atoms with E-state index in [1.54, 1.807) is 10.7 Å². The molecule has 23 heavy (non-hydrogen) atoms. The summed E-state index contributed by atoms with van der Waals surface area (Å²) in [6.45, 7) is 5.29. The maximum atomic E-state index is 12.9. The van der Waals surface area contributed by atoms with Gasteiger partial charge in [0.2, 0.25) is 0 Å².